The van der Waals surface area contributed by atoms with Crippen molar-refractivity contribution >= 4 is 0 Å². The van der Waals surface area contributed by atoms with Gasteiger partial charge in [-0.15, -0.1) is 0 Å². The fraction of sp³-hybridized carbons (Fsp3) is 0.357. The van der Waals surface area contributed by atoms with Crippen LogP contribution >= 0.6 is 0 Å². The number of rotatable bonds is 5. The molecule has 0 aliphatic carbocycles. The first kappa shape index (κ1) is 13.7. The van der Waals surface area contributed by atoms with Gasteiger partial charge in [0.05, 0.1) is 6.20 Å². The van der Waals surface area contributed by atoms with Gasteiger partial charge < -0.3 is 5.32 Å². The highest BCUT2D eigenvalue weighted by Gasteiger charge is 2.16. The monoisotopic (exact) mass is 265 g/mol. The molecule has 1 heterocycles. The van der Waals surface area contributed by atoms with Crippen LogP contribution in [0.4, 0.5) is 8.78 Å². The van der Waals surface area contributed by atoms with E-state index in [1.807, 2.05) is 13.2 Å². The Labute approximate surface area is 111 Å². The molecule has 0 fully saturated rings. The van der Waals surface area contributed by atoms with E-state index in [2.05, 4.69) is 10.4 Å². The van der Waals surface area contributed by atoms with Gasteiger partial charge in [-0.25, -0.2) is 8.78 Å². The van der Waals surface area contributed by atoms with Crippen molar-refractivity contribution in [2.45, 2.75) is 18.9 Å². The van der Waals surface area contributed by atoms with E-state index < -0.39 is 11.6 Å². The molecule has 2 rings (SSSR count). The lowest BCUT2D eigenvalue weighted by Gasteiger charge is -2.17. The normalized spacial score (nSPS) is 12.6. The lowest BCUT2D eigenvalue weighted by atomic mass is 9.99. The summed E-state index contributed by atoms with van der Waals surface area (Å²) in [6, 6.07) is 4.06. The number of benzene rings is 1. The van der Waals surface area contributed by atoms with Crippen LogP contribution < -0.4 is 5.32 Å². The van der Waals surface area contributed by atoms with Gasteiger partial charge in [0.15, 0.2) is 11.6 Å². The van der Waals surface area contributed by atoms with Crippen LogP contribution in [-0.4, -0.2) is 16.8 Å². The average Bonchev–Trinajstić information content (AvgIpc) is 2.81. The molecule has 0 aliphatic heterocycles. The van der Waals surface area contributed by atoms with Crippen LogP contribution in [0.15, 0.2) is 30.6 Å². The Kier molecular flexibility index (Phi) is 4.27. The van der Waals surface area contributed by atoms with Gasteiger partial charge in [-0.1, -0.05) is 12.1 Å². The molecule has 0 spiro atoms. The van der Waals surface area contributed by atoms with E-state index in [4.69, 9.17) is 0 Å². The maximum absolute atomic E-state index is 13.7. The molecule has 0 saturated carbocycles. The minimum absolute atomic E-state index is 0.212. The number of hydrogen-bond acceptors (Lipinski definition) is 2. The third-order valence-electron chi connectivity index (χ3n) is 3.19. The average molecular weight is 265 g/mol. The molecule has 0 bridgehead atoms. The lowest BCUT2D eigenvalue weighted by Crippen LogP contribution is -2.19. The number of aromatic nitrogens is 2. The predicted molar refractivity (Wildman–Crippen MR) is 69.7 cm³/mol. The van der Waals surface area contributed by atoms with Crippen molar-refractivity contribution in [2.75, 3.05) is 7.05 Å². The Morgan fingerprint density at radius 1 is 1.37 bits per heavy atom. The maximum Gasteiger partial charge on any atom is 0.163 e. The Morgan fingerprint density at radius 2 is 2.16 bits per heavy atom. The zero-order valence-electron chi connectivity index (χ0n) is 11.0. The molecule has 2 aromatic rings. The Balaban J connectivity index is 2.09. The summed E-state index contributed by atoms with van der Waals surface area (Å²) in [4.78, 5) is 0. The van der Waals surface area contributed by atoms with Crippen molar-refractivity contribution < 1.29 is 8.78 Å². The van der Waals surface area contributed by atoms with Crippen molar-refractivity contribution in [3.63, 3.8) is 0 Å². The Morgan fingerprint density at radius 3 is 2.79 bits per heavy atom. The highest BCUT2D eigenvalue weighted by atomic mass is 19.2. The van der Waals surface area contributed by atoms with Crippen molar-refractivity contribution in [1.82, 2.24) is 15.1 Å². The summed E-state index contributed by atoms with van der Waals surface area (Å²) in [5.41, 5.74) is 1.45. The first-order valence-electron chi connectivity index (χ1n) is 6.20. The first-order chi connectivity index (χ1) is 9.11. The zero-order chi connectivity index (χ0) is 13.8. The molecule has 1 atom stereocenters. The Hall–Kier alpha value is -1.75. The molecule has 19 heavy (non-hydrogen) atoms. The standard InChI is InChI=1S/C14H17F2N3/c1-17-13(7-6-10-8-18-19(2)9-10)11-4-3-5-12(15)14(11)16/h3-5,8-9,13,17H,6-7H2,1-2H3. The second-order valence-electron chi connectivity index (χ2n) is 4.55. The van der Waals surface area contributed by atoms with E-state index >= 15 is 0 Å². The molecule has 0 radical (unpaired) electrons. The predicted octanol–water partition coefficient (Wildman–Crippen LogP) is 2.59. The van der Waals surface area contributed by atoms with E-state index in [1.54, 1.807) is 24.0 Å². The van der Waals surface area contributed by atoms with E-state index in [0.29, 0.717) is 12.0 Å². The second kappa shape index (κ2) is 5.93. The molecule has 0 amide bonds. The molecule has 5 heteroatoms. The smallest absolute Gasteiger partial charge is 0.163 e. The quantitative estimate of drug-likeness (QED) is 0.900. The molecule has 1 aromatic carbocycles. The van der Waals surface area contributed by atoms with Gasteiger partial charge in [0.1, 0.15) is 0 Å². The number of hydrogen-bond donors (Lipinski definition) is 1. The highest BCUT2D eigenvalue weighted by Crippen LogP contribution is 2.23. The number of nitrogens with one attached hydrogen (secondary N) is 1. The summed E-state index contributed by atoms with van der Waals surface area (Å²) in [5.74, 6) is -1.58. The van der Waals surface area contributed by atoms with Crippen LogP contribution in [0.25, 0.3) is 0 Å². The third kappa shape index (κ3) is 3.17. The van der Waals surface area contributed by atoms with Gasteiger partial charge in [0.2, 0.25) is 0 Å². The van der Waals surface area contributed by atoms with Crippen LogP contribution in [0.1, 0.15) is 23.6 Å². The molecule has 1 N–H and O–H groups in total. The molecule has 102 valence electrons. The molecule has 1 aromatic heterocycles. The Bertz CT molecular complexity index is 551. The van der Waals surface area contributed by atoms with Gasteiger partial charge >= 0.3 is 0 Å². The minimum atomic E-state index is -0.806. The van der Waals surface area contributed by atoms with Crippen LogP contribution in [0, 0.1) is 11.6 Å². The fourth-order valence-electron chi connectivity index (χ4n) is 2.16. The lowest BCUT2D eigenvalue weighted by molar-refractivity contribution is 0.463. The van der Waals surface area contributed by atoms with Crippen LogP contribution in [0.2, 0.25) is 0 Å². The summed E-state index contributed by atoms with van der Waals surface area (Å²) < 4.78 is 28.7. The molecular weight excluding hydrogens is 248 g/mol. The maximum atomic E-state index is 13.7. The molecule has 1 unspecified atom stereocenters. The number of nitrogens with zero attached hydrogens (tertiary/aromatic N) is 2. The SMILES string of the molecule is CNC(CCc1cnn(C)c1)c1cccc(F)c1F. The van der Waals surface area contributed by atoms with Crippen molar-refractivity contribution in [1.29, 1.82) is 0 Å². The summed E-state index contributed by atoms with van der Waals surface area (Å²) in [6.07, 6.45) is 5.15. The number of halogens is 2. The van der Waals surface area contributed by atoms with E-state index in [0.717, 1.165) is 18.1 Å². The molecule has 0 saturated heterocycles. The topological polar surface area (TPSA) is 29.9 Å². The molecule has 0 aliphatic rings. The summed E-state index contributed by atoms with van der Waals surface area (Å²) in [7, 11) is 3.60. The fourth-order valence-corrected chi connectivity index (χ4v) is 2.16. The third-order valence-corrected chi connectivity index (χ3v) is 3.19. The highest BCUT2D eigenvalue weighted by molar-refractivity contribution is 5.23. The first-order valence-corrected chi connectivity index (χ1v) is 6.20. The van der Waals surface area contributed by atoms with Crippen LogP contribution in [0.3, 0.4) is 0 Å². The van der Waals surface area contributed by atoms with Gasteiger partial charge in [-0.2, -0.15) is 5.10 Å². The van der Waals surface area contributed by atoms with Crippen molar-refractivity contribution in [3.8, 4) is 0 Å². The summed E-state index contributed by atoms with van der Waals surface area (Å²) in [6.45, 7) is 0. The second-order valence-corrected chi connectivity index (χ2v) is 4.55. The minimum Gasteiger partial charge on any atom is -0.313 e. The number of aryl methyl sites for hydroxylation is 2. The van der Waals surface area contributed by atoms with Crippen LogP contribution in [-0.2, 0) is 13.5 Å². The van der Waals surface area contributed by atoms with Crippen molar-refractivity contribution in [2.24, 2.45) is 7.05 Å². The van der Waals surface area contributed by atoms with Gasteiger partial charge in [0.25, 0.3) is 0 Å². The largest absolute Gasteiger partial charge is 0.313 e. The molecular formula is C14H17F2N3. The van der Waals surface area contributed by atoms with Crippen LogP contribution in [0.5, 0.6) is 0 Å². The molecule has 3 nitrogen and oxygen atoms in total. The van der Waals surface area contributed by atoms with Gasteiger partial charge in [-0.05, 0) is 31.5 Å². The van der Waals surface area contributed by atoms with E-state index in [9.17, 15) is 8.78 Å². The van der Waals surface area contributed by atoms with Crippen molar-refractivity contribution in [3.05, 3.63) is 53.4 Å². The zero-order valence-corrected chi connectivity index (χ0v) is 11.0. The summed E-state index contributed by atoms with van der Waals surface area (Å²) in [5, 5.41) is 7.12. The van der Waals surface area contributed by atoms with E-state index in [1.165, 1.54) is 6.07 Å². The van der Waals surface area contributed by atoms with E-state index in [-0.39, 0.29) is 6.04 Å². The van der Waals surface area contributed by atoms with Gasteiger partial charge in [-0.3, -0.25) is 4.68 Å². The van der Waals surface area contributed by atoms with Gasteiger partial charge in [0, 0.05) is 24.8 Å². The summed E-state index contributed by atoms with van der Waals surface area (Å²) >= 11 is 0.